The molecule has 1 fully saturated rings. The van der Waals surface area contributed by atoms with Crippen molar-refractivity contribution in [3.8, 4) is 11.5 Å². The van der Waals surface area contributed by atoms with Crippen LogP contribution in [0.15, 0.2) is 42.5 Å². The number of ether oxygens (including phenoxy) is 2. The highest BCUT2D eigenvalue weighted by molar-refractivity contribution is 5.36. The molecule has 3 rings (SSSR count). The fourth-order valence-corrected chi connectivity index (χ4v) is 4.10. The van der Waals surface area contributed by atoms with Gasteiger partial charge in [0.15, 0.2) is 0 Å². The fraction of sp³-hybridized carbons (Fsp3) is 0.500. The summed E-state index contributed by atoms with van der Waals surface area (Å²) in [7, 11) is 3.49. The molecule has 0 atom stereocenters. The Bertz CT molecular complexity index is 720. The Balaban J connectivity index is 1.49. The summed E-state index contributed by atoms with van der Waals surface area (Å²) in [5.74, 6) is 2.73. The zero-order valence-electron chi connectivity index (χ0n) is 17.0. The van der Waals surface area contributed by atoms with Crippen LogP contribution in [0.2, 0.25) is 0 Å². The molecule has 1 aliphatic rings. The highest BCUT2D eigenvalue weighted by atomic mass is 16.5. The van der Waals surface area contributed by atoms with Crippen molar-refractivity contribution in [1.82, 2.24) is 4.90 Å². The van der Waals surface area contributed by atoms with E-state index in [1.165, 1.54) is 49.0 Å². The molecular formula is C24H33NO2. The van der Waals surface area contributed by atoms with Gasteiger partial charge in [0.1, 0.15) is 11.5 Å². The van der Waals surface area contributed by atoms with Gasteiger partial charge in [-0.15, -0.1) is 0 Å². The van der Waals surface area contributed by atoms with E-state index in [1.54, 1.807) is 14.2 Å². The van der Waals surface area contributed by atoms with Crippen molar-refractivity contribution in [2.24, 2.45) is 5.92 Å². The van der Waals surface area contributed by atoms with Crippen LogP contribution in [-0.4, -0.2) is 38.8 Å². The molecule has 146 valence electrons. The molecule has 0 spiro atoms. The number of nitrogens with zero attached hydrogens (tertiary/aromatic N) is 1. The molecule has 3 nitrogen and oxygen atoms in total. The van der Waals surface area contributed by atoms with Gasteiger partial charge in [0.25, 0.3) is 0 Å². The Labute approximate surface area is 164 Å². The van der Waals surface area contributed by atoms with Crippen LogP contribution in [-0.2, 0) is 19.3 Å². The molecule has 3 heteroatoms. The summed E-state index contributed by atoms with van der Waals surface area (Å²) >= 11 is 0. The van der Waals surface area contributed by atoms with Crippen molar-refractivity contribution >= 4 is 0 Å². The monoisotopic (exact) mass is 367 g/mol. The summed E-state index contributed by atoms with van der Waals surface area (Å²) in [6.07, 6.45) is 5.96. The van der Waals surface area contributed by atoms with Crippen LogP contribution in [0.4, 0.5) is 0 Å². The molecular weight excluding hydrogens is 334 g/mol. The number of aryl methyl sites for hydroxylation is 1. The van der Waals surface area contributed by atoms with Crippen LogP contribution in [0.1, 0.15) is 36.5 Å². The van der Waals surface area contributed by atoms with Crippen LogP contribution in [0.25, 0.3) is 0 Å². The predicted molar refractivity (Wildman–Crippen MR) is 112 cm³/mol. The second kappa shape index (κ2) is 9.80. The molecule has 0 aliphatic carbocycles. The first-order chi connectivity index (χ1) is 13.2. The van der Waals surface area contributed by atoms with E-state index >= 15 is 0 Å². The summed E-state index contributed by atoms with van der Waals surface area (Å²) in [4.78, 5) is 2.61. The first-order valence-corrected chi connectivity index (χ1v) is 10.2. The van der Waals surface area contributed by atoms with Gasteiger partial charge in [0.2, 0.25) is 0 Å². The first kappa shape index (κ1) is 19.8. The lowest BCUT2D eigenvalue weighted by molar-refractivity contribution is 0.185. The zero-order chi connectivity index (χ0) is 19.1. The Morgan fingerprint density at radius 1 is 0.926 bits per heavy atom. The average Bonchev–Trinajstić information content (AvgIpc) is 2.73. The van der Waals surface area contributed by atoms with Gasteiger partial charge in [0, 0.05) is 6.54 Å². The highest BCUT2D eigenvalue weighted by Gasteiger charge is 2.20. The van der Waals surface area contributed by atoms with Crippen LogP contribution in [0.5, 0.6) is 11.5 Å². The number of rotatable bonds is 8. The molecule has 0 radical (unpaired) electrons. The average molecular weight is 368 g/mol. The van der Waals surface area contributed by atoms with Crippen molar-refractivity contribution in [1.29, 1.82) is 0 Å². The second-order valence-corrected chi connectivity index (χ2v) is 7.58. The minimum absolute atomic E-state index is 0.787. The number of benzene rings is 2. The molecule has 0 aromatic heterocycles. The number of hydrogen-bond acceptors (Lipinski definition) is 3. The van der Waals surface area contributed by atoms with Gasteiger partial charge < -0.3 is 14.4 Å². The third kappa shape index (κ3) is 5.49. The number of methoxy groups -OCH3 is 2. The zero-order valence-corrected chi connectivity index (χ0v) is 17.0. The summed E-state index contributed by atoms with van der Waals surface area (Å²) in [6.45, 7) is 5.80. The normalized spacial score (nSPS) is 15.7. The largest absolute Gasteiger partial charge is 0.497 e. The van der Waals surface area contributed by atoms with Crippen LogP contribution in [0.3, 0.4) is 0 Å². The maximum absolute atomic E-state index is 5.43. The number of likely N-dealkylation sites (tertiary alicyclic amines) is 1. The lowest BCUT2D eigenvalue weighted by atomic mass is 9.87. The van der Waals surface area contributed by atoms with Gasteiger partial charge in [-0.05, 0) is 92.1 Å². The molecule has 0 saturated carbocycles. The van der Waals surface area contributed by atoms with E-state index < -0.39 is 0 Å². The summed E-state index contributed by atoms with van der Waals surface area (Å²) in [5, 5.41) is 0. The van der Waals surface area contributed by atoms with E-state index in [-0.39, 0.29) is 0 Å². The van der Waals surface area contributed by atoms with Crippen molar-refractivity contribution in [2.75, 3.05) is 33.9 Å². The van der Waals surface area contributed by atoms with Gasteiger partial charge in [-0.25, -0.2) is 0 Å². The van der Waals surface area contributed by atoms with E-state index in [0.717, 1.165) is 36.8 Å². The van der Waals surface area contributed by atoms with Gasteiger partial charge in [0.05, 0.1) is 14.2 Å². The number of piperidine rings is 1. The van der Waals surface area contributed by atoms with Crippen molar-refractivity contribution in [3.05, 3.63) is 59.2 Å². The Morgan fingerprint density at radius 2 is 1.67 bits per heavy atom. The van der Waals surface area contributed by atoms with Crippen LogP contribution < -0.4 is 9.47 Å². The fourth-order valence-electron chi connectivity index (χ4n) is 4.10. The third-order valence-electron chi connectivity index (χ3n) is 5.86. The van der Waals surface area contributed by atoms with E-state index in [9.17, 15) is 0 Å². The molecule has 2 aromatic carbocycles. The summed E-state index contributed by atoms with van der Waals surface area (Å²) in [5.41, 5.74) is 4.31. The minimum atomic E-state index is 0.787. The van der Waals surface area contributed by atoms with E-state index in [1.807, 2.05) is 6.07 Å². The van der Waals surface area contributed by atoms with E-state index in [2.05, 4.69) is 48.2 Å². The maximum Gasteiger partial charge on any atom is 0.119 e. The van der Waals surface area contributed by atoms with Gasteiger partial charge in [-0.2, -0.15) is 0 Å². The molecule has 1 saturated heterocycles. The quantitative estimate of drug-likeness (QED) is 0.671. The molecule has 1 aliphatic heterocycles. The highest BCUT2D eigenvalue weighted by Crippen LogP contribution is 2.26. The molecule has 1 heterocycles. The van der Waals surface area contributed by atoms with Gasteiger partial charge in [-0.3, -0.25) is 0 Å². The molecule has 0 unspecified atom stereocenters. The summed E-state index contributed by atoms with van der Waals surface area (Å²) in [6, 6.07) is 15.0. The van der Waals surface area contributed by atoms with Gasteiger partial charge in [-0.1, -0.05) is 25.1 Å². The lowest BCUT2D eigenvalue weighted by Crippen LogP contribution is -2.35. The molecule has 27 heavy (non-hydrogen) atoms. The Morgan fingerprint density at radius 3 is 2.37 bits per heavy atom. The van der Waals surface area contributed by atoms with Crippen LogP contribution >= 0.6 is 0 Å². The molecule has 2 aromatic rings. The summed E-state index contributed by atoms with van der Waals surface area (Å²) < 4.78 is 10.8. The van der Waals surface area contributed by atoms with Crippen molar-refractivity contribution < 1.29 is 9.47 Å². The third-order valence-corrected chi connectivity index (χ3v) is 5.86. The molecule has 0 bridgehead atoms. The smallest absolute Gasteiger partial charge is 0.119 e. The SMILES string of the molecule is CCc1ccc(OC)cc1CC1CCN(CCc2cccc(OC)c2)CC1. The van der Waals surface area contributed by atoms with Crippen molar-refractivity contribution in [2.45, 2.75) is 39.0 Å². The standard InChI is InChI=1S/C24H33NO2/c1-4-21-8-9-24(27-3)18-22(21)16-20-11-14-25(15-12-20)13-10-19-6-5-7-23(17-19)26-2/h5-9,17-18,20H,4,10-16H2,1-3H3. The molecule has 0 amide bonds. The van der Waals surface area contributed by atoms with Crippen molar-refractivity contribution in [3.63, 3.8) is 0 Å². The van der Waals surface area contributed by atoms with E-state index in [4.69, 9.17) is 9.47 Å². The topological polar surface area (TPSA) is 21.7 Å². The lowest BCUT2D eigenvalue weighted by Gasteiger charge is -2.32. The predicted octanol–water partition coefficient (Wildman–Crippen LogP) is 4.76. The number of hydrogen-bond donors (Lipinski definition) is 0. The second-order valence-electron chi connectivity index (χ2n) is 7.58. The van der Waals surface area contributed by atoms with Crippen LogP contribution in [0, 0.1) is 5.92 Å². The maximum atomic E-state index is 5.43. The Hall–Kier alpha value is -2.00. The first-order valence-electron chi connectivity index (χ1n) is 10.2. The Kier molecular flexibility index (Phi) is 7.17. The van der Waals surface area contributed by atoms with Gasteiger partial charge >= 0.3 is 0 Å². The molecule has 0 N–H and O–H groups in total. The van der Waals surface area contributed by atoms with E-state index in [0.29, 0.717) is 0 Å². The minimum Gasteiger partial charge on any atom is -0.497 e.